The highest BCUT2D eigenvalue weighted by molar-refractivity contribution is 6.32. The van der Waals surface area contributed by atoms with Crippen LogP contribution in [0.2, 0.25) is 10.0 Å². The summed E-state index contributed by atoms with van der Waals surface area (Å²) < 4.78 is 1.87. The minimum absolute atomic E-state index is 0.269. The van der Waals surface area contributed by atoms with Gasteiger partial charge in [0.1, 0.15) is 0 Å². The lowest BCUT2D eigenvalue weighted by Gasteiger charge is -2.19. The lowest BCUT2D eigenvalue weighted by Crippen LogP contribution is -2.23. The molecule has 21 heavy (non-hydrogen) atoms. The summed E-state index contributed by atoms with van der Waals surface area (Å²) in [5.41, 5.74) is 3.07. The Balaban J connectivity index is 2.31. The summed E-state index contributed by atoms with van der Waals surface area (Å²) in [6, 6.07) is 8.00. The molecule has 1 unspecified atom stereocenters. The fourth-order valence-corrected chi connectivity index (χ4v) is 3.08. The molecule has 0 fully saturated rings. The van der Waals surface area contributed by atoms with Crippen molar-refractivity contribution in [2.45, 2.75) is 26.2 Å². The van der Waals surface area contributed by atoms with Crippen LogP contribution in [0, 0.1) is 6.92 Å². The molecule has 0 radical (unpaired) electrons. The van der Waals surface area contributed by atoms with E-state index < -0.39 is 0 Å². The summed E-state index contributed by atoms with van der Waals surface area (Å²) in [7, 11) is 1.94. The number of likely N-dealkylation sites (N-methyl/N-ethyl adjacent to an activating group) is 1. The quantitative estimate of drug-likeness (QED) is 0.870. The van der Waals surface area contributed by atoms with Crippen molar-refractivity contribution in [2.24, 2.45) is 7.05 Å². The minimum atomic E-state index is 0.269. The van der Waals surface area contributed by atoms with Crippen molar-refractivity contribution in [1.82, 2.24) is 15.1 Å². The molecule has 0 bridgehead atoms. The topological polar surface area (TPSA) is 29.9 Å². The van der Waals surface area contributed by atoms with Gasteiger partial charge in [0.25, 0.3) is 0 Å². The smallest absolute Gasteiger partial charge is 0.0847 e. The van der Waals surface area contributed by atoms with Crippen LogP contribution in [0.4, 0.5) is 0 Å². The molecule has 5 heteroatoms. The Morgan fingerprint density at radius 2 is 2.00 bits per heavy atom. The Kier molecular flexibility index (Phi) is 5.68. The van der Waals surface area contributed by atoms with E-state index in [1.54, 1.807) is 0 Å². The summed E-state index contributed by atoms with van der Waals surface area (Å²) in [6.45, 7) is 5.82. The summed E-state index contributed by atoms with van der Waals surface area (Å²) >= 11 is 12.7. The van der Waals surface area contributed by atoms with Crippen molar-refractivity contribution >= 4 is 23.2 Å². The van der Waals surface area contributed by atoms with E-state index in [0.29, 0.717) is 0 Å². The molecule has 1 atom stereocenters. The maximum Gasteiger partial charge on any atom is 0.0847 e. The first-order valence-electron chi connectivity index (χ1n) is 7.17. The van der Waals surface area contributed by atoms with Crippen LogP contribution < -0.4 is 5.32 Å². The molecule has 0 spiro atoms. The molecule has 1 aromatic carbocycles. The van der Waals surface area contributed by atoms with Crippen molar-refractivity contribution in [3.63, 3.8) is 0 Å². The first-order valence-corrected chi connectivity index (χ1v) is 7.93. The lowest BCUT2D eigenvalue weighted by atomic mass is 9.93. The summed E-state index contributed by atoms with van der Waals surface area (Å²) in [5.74, 6) is 0.269. The first kappa shape index (κ1) is 16.3. The van der Waals surface area contributed by atoms with Gasteiger partial charge in [0, 0.05) is 24.5 Å². The van der Waals surface area contributed by atoms with Gasteiger partial charge in [0.15, 0.2) is 0 Å². The molecule has 2 aromatic rings. The molecule has 114 valence electrons. The van der Waals surface area contributed by atoms with E-state index in [2.05, 4.69) is 23.4 Å². The zero-order valence-electron chi connectivity index (χ0n) is 12.7. The van der Waals surface area contributed by atoms with E-state index in [4.69, 9.17) is 23.2 Å². The van der Waals surface area contributed by atoms with Crippen molar-refractivity contribution in [3.8, 4) is 0 Å². The van der Waals surface area contributed by atoms with Crippen LogP contribution in [0.25, 0.3) is 0 Å². The summed E-state index contributed by atoms with van der Waals surface area (Å²) in [5, 5.41) is 9.36. The maximum absolute atomic E-state index is 6.38. The number of aromatic nitrogens is 2. The fourth-order valence-electron chi connectivity index (χ4n) is 2.55. The van der Waals surface area contributed by atoms with Crippen LogP contribution in [0.3, 0.4) is 0 Å². The monoisotopic (exact) mass is 325 g/mol. The predicted molar refractivity (Wildman–Crippen MR) is 89.4 cm³/mol. The molecule has 0 aliphatic carbocycles. The van der Waals surface area contributed by atoms with Crippen LogP contribution in [-0.2, 0) is 13.5 Å². The molecular formula is C16H21Cl2N3. The number of nitrogens with zero attached hydrogens (tertiary/aromatic N) is 2. The van der Waals surface area contributed by atoms with Crippen LogP contribution in [0.1, 0.15) is 29.8 Å². The number of hydrogen-bond acceptors (Lipinski definition) is 2. The number of hydrogen-bond donors (Lipinski definition) is 1. The van der Waals surface area contributed by atoms with Crippen molar-refractivity contribution in [2.75, 3.05) is 13.1 Å². The second-order valence-electron chi connectivity index (χ2n) is 5.20. The van der Waals surface area contributed by atoms with Gasteiger partial charge in [-0.1, -0.05) is 48.3 Å². The van der Waals surface area contributed by atoms with E-state index >= 15 is 0 Å². The highest BCUT2D eigenvalue weighted by Crippen LogP contribution is 2.30. The standard InChI is InChI=1S/C16H21Cl2N3/c1-4-19-10-12(13-7-5-6-8-14(13)17)9-15-16(18)11(2)20-21(15)3/h5-8,12,19H,4,9-10H2,1-3H3. The maximum atomic E-state index is 6.38. The second kappa shape index (κ2) is 7.30. The van der Waals surface area contributed by atoms with Crippen molar-refractivity contribution in [1.29, 1.82) is 0 Å². The van der Waals surface area contributed by atoms with Gasteiger partial charge in [-0.2, -0.15) is 5.10 Å². The molecule has 1 heterocycles. The molecule has 3 nitrogen and oxygen atoms in total. The predicted octanol–water partition coefficient (Wildman–Crippen LogP) is 3.97. The summed E-state index contributed by atoms with van der Waals surface area (Å²) in [6.07, 6.45) is 0.812. The van der Waals surface area contributed by atoms with Crippen molar-refractivity contribution in [3.05, 3.63) is 51.3 Å². The van der Waals surface area contributed by atoms with E-state index in [1.807, 2.05) is 36.9 Å². The number of aryl methyl sites for hydroxylation is 2. The van der Waals surface area contributed by atoms with Gasteiger partial charge in [0.2, 0.25) is 0 Å². The third-order valence-electron chi connectivity index (χ3n) is 3.69. The van der Waals surface area contributed by atoms with E-state index in [9.17, 15) is 0 Å². The molecule has 0 aliphatic rings. The van der Waals surface area contributed by atoms with E-state index in [-0.39, 0.29) is 5.92 Å². The van der Waals surface area contributed by atoms with E-state index in [0.717, 1.165) is 46.5 Å². The number of rotatable bonds is 6. The Labute approximate surface area is 136 Å². The Morgan fingerprint density at radius 1 is 1.29 bits per heavy atom. The number of halogens is 2. The lowest BCUT2D eigenvalue weighted by molar-refractivity contribution is 0.570. The molecule has 0 saturated carbocycles. The molecular weight excluding hydrogens is 305 g/mol. The van der Waals surface area contributed by atoms with Crippen LogP contribution in [0.5, 0.6) is 0 Å². The second-order valence-corrected chi connectivity index (χ2v) is 5.99. The van der Waals surface area contributed by atoms with Gasteiger partial charge in [-0.3, -0.25) is 4.68 Å². The Morgan fingerprint density at radius 3 is 2.57 bits per heavy atom. The zero-order valence-corrected chi connectivity index (χ0v) is 14.2. The highest BCUT2D eigenvalue weighted by atomic mass is 35.5. The van der Waals surface area contributed by atoms with Gasteiger partial charge in [-0.15, -0.1) is 0 Å². The van der Waals surface area contributed by atoms with Gasteiger partial charge in [-0.05, 0) is 31.5 Å². The summed E-state index contributed by atoms with van der Waals surface area (Å²) in [4.78, 5) is 0. The average Bonchev–Trinajstić information content (AvgIpc) is 2.70. The van der Waals surface area contributed by atoms with Crippen LogP contribution in [-0.4, -0.2) is 22.9 Å². The molecule has 0 aliphatic heterocycles. The highest BCUT2D eigenvalue weighted by Gasteiger charge is 2.20. The molecule has 1 aromatic heterocycles. The van der Waals surface area contributed by atoms with Gasteiger partial charge in [0.05, 0.1) is 16.4 Å². The van der Waals surface area contributed by atoms with Crippen LogP contribution in [0.15, 0.2) is 24.3 Å². The molecule has 1 N–H and O–H groups in total. The normalized spacial score (nSPS) is 12.6. The van der Waals surface area contributed by atoms with Gasteiger partial charge in [-0.25, -0.2) is 0 Å². The SMILES string of the molecule is CCNCC(Cc1c(Cl)c(C)nn1C)c1ccccc1Cl. The Bertz CT molecular complexity index is 608. The third kappa shape index (κ3) is 3.79. The number of nitrogens with one attached hydrogen (secondary N) is 1. The Hall–Kier alpha value is -1.03. The fraction of sp³-hybridized carbons (Fsp3) is 0.438. The van der Waals surface area contributed by atoms with Crippen molar-refractivity contribution < 1.29 is 0 Å². The van der Waals surface area contributed by atoms with Crippen LogP contribution >= 0.6 is 23.2 Å². The molecule has 0 amide bonds. The third-order valence-corrected chi connectivity index (χ3v) is 4.52. The van der Waals surface area contributed by atoms with Gasteiger partial charge >= 0.3 is 0 Å². The van der Waals surface area contributed by atoms with Gasteiger partial charge < -0.3 is 5.32 Å². The largest absolute Gasteiger partial charge is 0.316 e. The zero-order chi connectivity index (χ0) is 15.4. The number of benzene rings is 1. The first-order chi connectivity index (χ1) is 10.0. The molecule has 2 rings (SSSR count). The average molecular weight is 326 g/mol. The minimum Gasteiger partial charge on any atom is -0.316 e. The van der Waals surface area contributed by atoms with E-state index in [1.165, 1.54) is 0 Å². The molecule has 0 saturated heterocycles.